The van der Waals surface area contributed by atoms with Gasteiger partial charge in [0.15, 0.2) is 6.61 Å². The lowest BCUT2D eigenvalue weighted by atomic mass is 10.1. The summed E-state index contributed by atoms with van der Waals surface area (Å²) >= 11 is 11.8. The number of rotatable bonds is 5. The predicted molar refractivity (Wildman–Crippen MR) is 109 cm³/mol. The molecule has 6 heteroatoms. The number of benzene rings is 3. The molecule has 0 aliphatic rings. The summed E-state index contributed by atoms with van der Waals surface area (Å²) in [5, 5.41) is 5.50. The fourth-order valence-corrected chi connectivity index (χ4v) is 2.79. The van der Waals surface area contributed by atoms with E-state index in [9.17, 15) is 9.59 Å². The second kappa shape index (κ2) is 8.71. The molecule has 0 aliphatic carbocycles. The average Bonchev–Trinajstić information content (AvgIpc) is 2.67. The van der Waals surface area contributed by atoms with Gasteiger partial charge in [-0.15, -0.1) is 0 Å². The van der Waals surface area contributed by atoms with Crippen molar-refractivity contribution in [1.82, 2.24) is 0 Å². The molecular weight excluding hydrogens is 385 g/mol. The molecule has 0 saturated heterocycles. The van der Waals surface area contributed by atoms with Crippen molar-refractivity contribution in [1.29, 1.82) is 0 Å². The number of nitrogens with one attached hydrogen (secondary N) is 1. The number of carbonyl (C=O) groups excluding carboxylic acids is 2. The highest BCUT2D eigenvalue weighted by Gasteiger charge is 2.08. The molecule has 0 heterocycles. The van der Waals surface area contributed by atoms with Crippen molar-refractivity contribution in [3.63, 3.8) is 0 Å². The SMILES string of the molecule is O=C(COC(=O)/C=C/c1ccc(Cl)c(Cl)c1)Nc1cccc2ccccc12. The molecule has 3 aromatic carbocycles. The summed E-state index contributed by atoms with van der Waals surface area (Å²) in [4.78, 5) is 23.9. The van der Waals surface area contributed by atoms with Crippen LogP contribution in [-0.4, -0.2) is 18.5 Å². The Balaban J connectivity index is 1.56. The summed E-state index contributed by atoms with van der Waals surface area (Å²) in [6.45, 7) is -0.381. The Hall–Kier alpha value is -2.82. The Morgan fingerprint density at radius 2 is 1.74 bits per heavy atom. The van der Waals surface area contributed by atoms with Gasteiger partial charge in [-0.2, -0.15) is 0 Å². The van der Waals surface area contributed by atoms with Crippen molar-refractivity contribution in [3.05, 3.63) is 82.3 Å². The van der Waals surface area contributed by atoms with Gasteiger partial charge in [0, 0.05) is 17.1 Å². The minimum absolute atomic E-state index is 0.381. The third-order valence-electron chi connectivity index (χ3n) is 3.76. The van der Waals surface area contributed by atoms with Gasteiger partial charge >= 0.3 is 5.97 Å². The van der Waals surface area contributed by atoms with Crippen molar-refractivity contribution in [3.8, 4) is 0 Å². The monoisotopic (exact) mass is 399 g/mol. The highest BCUT2D eigenvalue weighted by molar-refractivity contribution is 6.42. The van der Waals surface area contributed by atoms with Crippen LogP contribution >= 0.6 is 23.2 Å². The van der Waals surface area contributed by atoms with E-state index in [2.05, 4.69) is 5.32 Å². The summed E-state index contributed by atoms with van der Waals surface area (Å²) in [5.41, 5.74) is 1.36. The minimum Gasteiger partial charge on any atom is -0.452 e. The van der Waals surface area contributed by atoms with E-state index in [1.165, 1.54) is 12.2 Å². The number of anilines is 1. The Bertz CT molecular complexity index is 1030. The molecule has 0 fully saturated rings. The summed E-state index contributed by atoms with van der Waals surface area (Å²) < 4.78 is 4.97. The lowest BCUT2D eigenvalue weighted by Crippen LogP contribution is -2.20. The fourth-order valence-electron chi connectivity index (χ4n) is 2.49. The molecular formula is C21H15Cl2NO3. The van der Waals surface area contributed by atoms with Crippen LogP contribution in [0.4, 0.5) is 5.69 Å². The van der Waals surface area contributed by atoms with Crippen LogP contribution in [0.3, 0.4) is 0 Å². The van der Waals surface area contributed by atoms with E-state index in [4.69, 9.17) is 27.9 Å². The lowest BCUT2D eigenvalue weighted by molar-refractivity contribution is -0.142. The van der Waals surface area contributed by atoms with Gasteiger partial charge in [0.05, 0.1) is 10.0 Å². The molecule has 0 bridgehead atoms. The van der Waals surface area contributed by atoms with Crippen LogP contribution in [0, 0.1) is 0 Å². The third-order valence-corrected chi connectivity index (χ3v) is 4.50. The van der Waals surface area contributed by atoms with Gasteiger partial charge in [-0.25, -0.2) is 4.79 Å². The molecule has 0 aliphatic heterocycles. The molecule has 136 valence electrons. The van der Waals surface area contributed by atoms with Gasteiger partial charge in [-0.05, 0) is 35.2 Å². The number of hydrogen-bond donors (Lipinski definition) is 1. The van der Waals surface area contributed by atoms with Gasteiger partial charge in [-0.1, -0.05) is 65.7 Å². The maximum Gasteiger partial charge on any atom is 0.331 e. The maximum absolute atomic E-state index is 12.1. The highest BCUT2D eigenvalue weighted by Crippen LogP contribution is 2.24. The first-order valence-corrected chi connectivity index (χ1v) is 8.86. The summed E-state index contributed by atoms with van der Waals surface area (Å²) in [7, 11) is 0. The Morgan fingerprint density at radius 3 is 2.56 bits per heavy atom. The first-order chi connectivity index (χ1) is 13.0. The highest BCUT2D eigenvalue weighted by atomic mass is 35.5. The van der Waals surface area contributed by atoms with E-state index < -0.39 is 11.9 Å². The van der Waals surface area contributed by atoms with E-state index in [1.807, 2.05) is 36.4 Å². The number of halogens is 2. The molecule has 0 aromatic heterocycles. The van der Waals surface area contributed by atoms with Gasteiger partial charge in [0.25, 0.3) is 5.91 Å². The number of fused-ring (bicyclic) bond motifs is 1. The van der Waals surface area contributed by atoms with Crippen molar-refractivity contribution >= 4 is 57.6 Å². The second-order valence-corrected chi connectivity index (χ2v) is 6.50. The van der Waals surface area contributed by atoms with Crippen molar-refractivity contribution in [2.75, 3.05) is 11.9 Å². The zero-order valence-electron chi connectivity index (χ0n) is 14.1. The number of carbonyl (C=O) groups is 2. The van der Waals surface area contributed by atoms with Crippen LogP contribution < -0.4 is 5.32 Å². The third kappa shape index (κ3) is 5.09. The predicted octanol–water partition coefficient (Wildman–Crippen LogP) is 5.34. The normalized spacial score (nSPS) is 10.9. The smallest absolute Gasteiger partial charge is 0.331 e. The van der Waals surface area contributed by atoms with Crippen molar-refractivity contribution in [2.45, 2.75) is 0 Å². The van der Waals surface area contributed by atoms with Gasteiger partial charge < -0.3 is 10.1 Å². The number of ether oxygens (including phenoxy) is 1. The van der Waals surface area contributed by atoms with E-state index in [0.29, 0.717) is 21.3 Å². The van der Waals surface area contributed by atoms with Crippen LogP contribution in [0.2, 0.25) is 10.0 Å². The van der Waals surface area contributed by atoms with Gasteiger partial charge in [-0.3, -0.25) is 4.79 Å². The summed E-state index contributed by atoms with van der Waals surface area (Å²) in [6.07, 6.45) is 2.76. The van der Waals surface area contributed by atoms with Crippen molar-refractivity contribution < 1.29 is 14.3 Å². The standard InChI is InChI=1S/C21H15Cl2NO3/c22-17-10-8-14(12-18(17)23)9-11-21(26)27-13-20(25)24-19-7-3-5-15-4-1-2-6-16(15)19/h1-12H,13H2,(H,24,25)/b11-9+. The average molecular weight is 400 g/mol. The molecule has 1 amide bonds. The molecule has 4 nitrogen and oxygen atoms in total. The number of esters is 1. The molecule has 0 unspecified atom stereocenters. The molecule has 3 aromatic rings. The molecule has 27 heavy (non-hydrogen) atoms. The van der Waals surface area contributed by atoms with Gasteiger partial charge in [0.2, 0.25) is 0 Å². The summed E-state index contributed by atoms with van der Waals surface area (Å²) in [6, 6.07) is 18.3. The van der Waals surface area contributed by atoms with Crippen LogP contribution in [0.15, 0.2) is 66.7 Å². The number of amides is 1. The molecule has 0 saturated carbocycles. The molecule has 0 radical (unpaired) electrons. The largest absolute Gasteiger partial charge is 0.452 e. The van der Waals surface area contributed by atoms with Crippen LogP contribution in [0.5, 0.6) is 0 Å². The van der Waals surface area contributed by atoms with Crippen LogP contribution in [-0.2, 0) is 14.3 Å². The molecule has 1 N–H and O–H groups in total. The van der Waals surface area contributed by atoms with Gasteiger partial charge in [0.1, 0.15) is 0 Å². The second-order valence-electron chi connectivity index (χ2n) is 5.69. The fraction of sp³-hybridized carbons (Fsp3) is 0.0476. The van der Waals surface area contributed by atoms with E-state index >= 15 is 0 Å². The Morgan fingerprint density at radius 1 is 0.963 bits per heavy atom. The van der Waals surface area contributed by atoms with E-state index in [0.717, 1.165) is 10.8 Å². The topological polar surface area (TPSA) is 55.4 Å². The first kappa shape index (κ1) is 19.0. The zero-order valence-corrected chi connectivity index (χ0v) is 15.6. The van der Waals surface area contributed by atoms with Crippen molar-refractivity contribution in [2.24, 2.45) is 0 Å². The molecule has 3 rings (SSSR count). The first-order valence-electron chi connectivity index (χ1n) is 8.10. The molecule has 0 spiro atoms. The lowest BCUT2D eigenvalue weighted by Gasteiger charge is -2.08. The summed E-state index contributed by atoms with van der Waals surface area (Å²) in [5.74, 6) is -1.04. The quantitative estimate of drug-likeness (QED) is 0.465. The Labute approximate surface area is 166 Å². The van der Waals surface area contributed by atoms with Crippen LogP contribution in [0.25, 0.3) is 16.8 Å². The van der Waals surface area contributed by atoms with E-state index in [-0.39, 0.29) is 6.61 Å². The maximum atomic E-state index is 12.1. The number of hydrogen-bond acceptors (Lipinski definition) is 3. The van der Waals surface area contributed by atoms with Crippen LogP contribution in [0.1, 0.15) is 5.56 Å². The van der Waals surface area contributed by atoms with E-state index in [1.54, 1.807) is 24.3 Å². The zero-order chi connectivity index (χ0) is 19.2. The minimum atomic E-state index is -0.630. The Kier molecular flexibility index (Phi) is 6.12. The molecule has 0 atom stereocenters.